The lowest BCUT2D eigenvalue weighted by atomic mass is 10.1. The molecule has 0 saturated heterocycles. The molecule has 1 amide bonds. The van der Waals surface area contributed by atoms with Crippen LogP contribution in [0.15, 0.2) is 36.4 Å². The van der Waals surface area contributed by atoms with E-state index < -0.39 is 22.0 Å². The number of carbonyl (C=O) groups excluding carboxylic acids is 1. The van der Waals surface area contributed by atoms with Crippen molar-refractivity contribution in [3.05, 3.63) is 57.6 Å². The molecule has 0 spiro atoms. The number of hydrogen-bond donors (Lipinski definition) is 1. The minimum Gasteiger partial charge on any atom is -0.322 e. The molecule has 1 atom stereocenters. The first-order valence-corrected chi connectivity index (χ1v) is 10.4. The highest BCUT2D eigenvalue weighted by molar-refractivity contribution is 7.92. The summed E-state index contributed by atoms with van der Waals surface area (Å²) in [5.41, 5.74) is 2.63. The van der Waals surface area contributed by atoms with Gasteiger partial charge in [0, 0.05) is 0 Å². The summed E-state index contributed by atoms with van der Waals surface area (Å²) in [5, 5.41) is 3.16. The molecule has 8 heteroatoms. The Kier molecular flexibility index (Phi) is 6.21. The Hall–Kier alpha value is -1.76. The lowest BCUT2D eigenvalue weighted by Crippen LogP contribution is -2.45. The molecule has 0 aliphatic rings. The van der Waals surface area contributed by atoms with Crippen molar-refractivity contribution >= 4 is 50.5 Å². The number of anilines is 2. The van der Waals surface area contributed by atoms with Crippen LogP contribution >= 0.6 is 23.2 Å². The van der Waals surface area contributed by atoms with Crippen molar-refractivity contribution in [2.24, 2.45) is 0 Å². The highest BCUT2D eigenvalue weighted by Crippen LogP contribution is 2.31. The maximum absolute atomic E-state index is 12.7. The third-order valence-electron chi connectivity index (χ3n) is 4.04. The average Bonchev–Trinajstić information content (AvgIpc) is 2.53. The maximum Gasteiger partial charge on any atom is 0.248 e. The van der Waals surface area contributed by atoms with Crippen LogP contribution in [0.2, 0.25) is 10.0 Å². The number of nitrogens with zero attached hydrogens (tertiary/aromatic N) is 1. The molecule has 0 radical (unpaired) electrons. The van der Waals surface area contributed by atoms with Gasteiger partial charge < -0.3 is 5.32 Å². The topological polar surface area (TPSA) is 66.5 Å². The number of hydrogen-bond acceptors (Lipinski definition) is 3. The molecule has 0 bridgehead atoms. The molecule has 140 valence electrons. The van der Waals surface area contributed by atoms with Gasteiger partial charge in [0.15, 0.2) is 0 Å². The van der Waals surface area contributed by atoms with Gasteiger partial charge in [-0.25, -0.2) is 8.42 Å². The Labute approximate surface area is 164 Å². The van der Waals surface area contributed by atoms with E-state index in [1.165, 1.54) is 6.92 Å². The number of benzene rings is 2. The minimum absolute atomic E-state index is 0.251. The van der Waals surface area contributed by atoms with E-state index in [-0.39, 0.29) is 15.7 Å². The number of para-hydroxylation sites is 1. The standard InChI is InChI=1S/C18H20Cl2N2O3S/c1-11-8-9-14(10-12(11)2)22(26(4,24)25)13(3)18(23)21-17-15(19)6-5-7-16(17)20/h5-10,13H,1-4H3,(H,21,23)/t13-/m1/s1. The Balaban J connectivity index is 2.39. The molecule has 0 aliphatic heterocycles. The van der Waals surface area contributed by atoms with Crippen molar-refractivity contribution in [3.8, 4) is 0 Å². The normalized spacial score (nSPS) is 12.5. The fourth-order valence-electron chi connectivity index (χ4n) is 2.52. The summed E-state index contributed by atoms with van der Waals surface area (Å²) < 4.78 is 25.8. The molecule has 0 aromatic heterocycles. The zero-order valence-corrected chi connectivity index (χ0v) is 17.2. The molecule has 2 rings (SSSR count). The summed E-state index contributed by atoms with van der Waals surface area (Å²) in [4.78, 5) is 12.7. The van der Waals surface area contributed by atoms with E-state index in [1.54, 1.807) is 30.3 Å². The number of sulfonamides is 1. The summed E-state index contributed by atoms with van der Waals surface area (Å²) in [5.74, 6) is -0.538. The van der Waals surface area contributed by atoms with Gasteiger partial charge in [-0.3, -0.25) is 9.10 Å². The van der Waals surface area contributed by atoms with E-state index in [0.29, 0.717) is 5.69 Å². The second kappa shape index (κ2) is 7.86. The van der Waals surface area contributed by atoms with Gasteiger partial charge in [0.05, 0.1) is 27.7 Å². The van der Waals surface area contributed by atoms with Gasteiger partial charge in [-0.15, -0.1) is 0 Å². The SMILES string of the molecule is Cc1ccc(N([C@H](C)C(=O)Nc2c(Cl)cccc2Cl)S(C)(=O)=O)cc1C. The average molecular weight is 415 g/mol. The summed E-state index contributed by atoms with van der Waals surface area (Å²) in [7, 11) is -3.70. The first-order valence-electron chi connectivity index (χ1n) is 7.84. The molecule has 5 nitrogen and oxygen atoms in total. The molecule has 0 saturated carbocycles. The Morgan fingerprint density at radius 2 is 1.65 bits per heavy atom. The highest BCUT2D eigenvalue weighted by atomic mass is 35.5. The molecule has 2 aromatic rings. The monoisotopic (exact) mass is 414 g/mol. The zero-order chi connectivity index (χ0) is 19.6. The van der Waals surface area contributed by atoms with Crippen molar-refractivity contribution in [3.63, 3.8) is 0 Å². The van der Waals surface area contributed by atoms with Crippen molar-refractivity contribution < 1.29 is 13.2 Å². The lowest BCUT2D eigenvalue weighted by Gasteiger charge is -2.29. The fourth-order valence-corrected chi connectivity index (χ4v) is 4.17. The molecule has 0 unspecified atom stereocenters. The van der Waals surface area contributed by atoms with Crippen LogP contribution < -0.4 is 9.62 Å². The predicted molar refractivity (Wildman–Crippen MR) is 108 cm³/mol. The van der Waals surface area contributed by atoms with E-state index in [2.05, 4.69) is 5.32 Å². The first kappa shape index (κ1) is 20.6. The number of rotatable bonds is 5. The van der Waals surface area contributed by atoms with Gasteiger partial charge in [-0.2, -0.15) is 0 Å². The van der Waals surface area contributed by atoms with E-state index >= 15 is 0 Å². The van der Waals surface area contributed by atoms with Crippen LogP contribution in [0.4, 0.5) is 11.4 Å². The number of nitrogens with one attached hydrogen (secondary N) is 1. The number of halogens is 2. The fraction of sp³-hybridized carbons (Fsp3) is 0.278. The molecule has 2 aromatic carbocycles. The van der Waals surface area contributed by atoms with Gasteiger partial charge in [0.2, 0.25) is 15.9 Å². The summed E-state index contributed by atoms with van der Waals surface area (Å²) in [6.07, 6.45) is 1.06. The highest BCUT2D eigenvalue weighted by Gasteiger charge is 2.30. The first-order chi connectivity index (χ1) is 12.0. The van der Waals surface area contributed by atoms with E-state index in [4.69, 9.17) is 23.2 Å². The third-order valence-corrected chi connectivity index (χ3v) is 5.92. The van der Waals surface area contributed by atoms with Crippen LogP contribution in [0.1, 0.15) is 18.1 Å². The Morgan fingerprint density at radius 3 is 2.15 bits per heavy atom. The smallest absolute Gasteiger partial charge is 0.248 e. The van der Waals surface area contributed by atoms with Crippen LogP contribution in [0, 0.1) is 13.8 Å². The van der Waals surface area contributed by atoms with Crippen LogP contribution in [-0.4, -0.2) is 26.6 Å². The van der Waals surface area contributed by atoms with Gasteiger partial charge >= 0.3 is 0 Å². The molecule has 0 fully saturated rings. The minimum atomic E-state index is -3.70. The summed E-state index contributed by atoms with van der Waals surface area (Å²) in [6.45, 7) is 5.32. The van der Waals surface area contributed by atoms with Crippen molar-refractivity contribution in [2.75, 3.05) is 15.9 Å². The van der Waals surface area contributed by atoms with E-state index in [0.717, 1.165) is 21.7 Å². The molecule has 0 aliphatic carbocycles. The molecular formula is C18H20Cl2N2O3S. The van der Waals surface area contributed by atoms with E-state index in [1.807, 2.05) is 19.9 Å². The van der Waals surface area contributed by atoms with Crippen molar-refractivity contribution in [1.82, 2.24) is 0 Å². The van der Waals surface area contributed by atoms with Gasteiger partial charge in [-0.05, 0) is 56.2 Å². The second-order valence-corrected chi connectivity index (χ2v) is 8.76. The summed E-state index contributed by atoms with van der Waals surface area (Å²) >= 11 is 12.1. The maximum atomic E-state index is 12.7. The molecule has 0 heterocycles. The predicted octanol–water partition coefficient (Wildman–Crippen LogP) is 4.40. The third kappa shape index (κ3) is 4.50. The van der Waals surface area contributed by atoms with Crippen molar-refractivity contribution in [2.45, 2.75) is 26.8 Å². The van der Waals surface area contributed by atoms with Gasteiger partial charge in [-0.1, -0.05) is 35.3 Å². The number of carbonyl (C=O) groups is 1. The van der Waals surface area contributed by atoms with Gasteiger partial charge in [0.25, 0.3) is 0 Å². The molecule has 1 N–H and O–H groups in total. The van der Waals surface area contributed by atoms with Crippen LogP contribution in [0.3, 0.4) is 0 Å². The van der Waals surface area contributed by atoms with Crippen LogP contribution in [-0.2, 0) is 14.8 Å². The van der Waals surface area contributed by atoms with Crippen LogP contribution in [0.5, 0.6) is 0 Å². The Morgan fingerprint density at radius 1 is 1.08 bits per heavy atom. The lowest BCUT2D eigenvalue weighted by molar-refractivity contribution is -0.116. The quantitative estimate of drug-likeness (QED) is 0.787. The number of amides is 1. The zero-order valence-electron chi connectivity index (χ0n) is 14.9. The van der Waals surface area contributed by atoms with Crippen LogP contribution in [0.25, 0.3) is 0 Å². The Bertz CT molecular complexity index is 925. The summed E-state index contributed by atoms with van der Waals surface area (Å²) in [6, 6.07) is 9.06. The van der Waals surface area contributed by atoms with E-state index in [9.17, 15) is 13.2 Å². The van der Waals surface area contributed by atoms with Crippen molar-refractivity contribution in [1.29, 1.82) is 0 Å². The molecular weight excluding hydrogens is 395 g/mol. The number of aryl methyl sites for hydroxylation is 2. The largest absolute Gasteiger partial charge is 0.322 e. The second-order valence-electron chi connectivity index (χ2n) is 6.09. The van der Waals surface area contributed by atoms with Gasteiger partial charge in [0.1, 0.15) is 6.04 Å². The molecule has 26 heavy (non-hydrogen) atoms.